The molecule has 1 aromatic carbocycles. The van der Waals surface area contributed by atoms with Gasteiger partial charge in [-0.15, -0.1) is 0 Å². The number of anilines is 1. The summed E-state index contributed by atoms with van der Waals surface area (Å²) >= 11 is 0. The van der Waals surface area contributed by atoms with Crippen molar-refractivity contribution in [3.63, 3.8) is 0 Å². The second-order valence-corrected chi connectivity index (χ2v) is 4.85. The van der Waals surface area contributed by atoms with E-state index < -0.39 is 17.9 Å². The Balaban J connectivity index is 2.83. The van der Waals surface area contributed by atoms with Gasteiger partial charge in [0.05, 0.1) is 25.3 Å². The van der Waals surface area contributed by atoms with E-state index in [2.05, 4.69) is 5.32 Å². The Morgan fingerprint density at radius 2 is 2.09 bits per heavy atom. The van der Waals surface area contributed by atoms with Crippen molar-refractivity contribution in [1.82, 2.24) is 4.90 Å². The molecular formula is C15H22N2O5. The lowest BCUT2D eigenvalue weighted by molar-refractivity contribution is -0.141. The standard InChI is InChI=1S/C15H22N2O5/c1-5-22-13-7-6-11(21-4)8-12(13)16-15(20)17(3)9-10(2)14(18)19/h6-8,10H,5,9H2,1-4H3,(H,16,20)(H,18,19). The van der Waals surface area contributed by atoms with E-state index in [0.717, 1.165) is 0 Å². The molecule has 7 nitrogen and oxygen atoms in total. The molecule has 0 saturated carbocycles. The summed E-state index contributed by atoms with van der Waals surface area (Å²) in [6, 6.07) is 4.67. The molecule has 0 saturated heterocycles. The number of rotatable bonds is 7. The molecule has 0 bridgehead atoms. The molecule has 1 atom stereocenters. The molecule has 0 fully saturated rings. The summed E-state index contributed by atoms with van der Waals surface area (Å²) in [5, 5.41) is 11.6. The lowest BCUT2D eigenvalue weighted by Crippen LogP contribution is -2.36. The van der Waals surface area contributed by atoms with Gasteiger partial charge < -0.3 is 24.8 Å². The van der Waals surface area contributed by atoms with Crippen LogP contribution < -0.4 is 14.8 Å². The van der Waals surface area contributed by atoms with Gasteiger partial charge >= 0.3 is 12.0 Å². The number of nitrogens with zero attached hydrogens (tertiary/aromatic N) is 1. The number of carboxylic acids is 1. The third-order valence-corrected chi connectivity index (χ3v) is 3.04. The molecule has 0 aliphatic heterocycles. The Bertz CT molecular complexity index is 533. The van der Waals surface area contributed by atoms with E-state index in [1.807, 2.05) is 6.92 Å². The van der Waals surface area contributed by atoms with Crippen molar-refractivity contribution in [2.75, 3.05) is 32.6 Å². The molecule has 122 valence electrons. The van der Waals surface area contributed by atoms with Gasteiger partial charge in [0.1, 0.15) is 11.5 Å². The maximum absolute atomic E-state index is 12.2. The molecule has 1 unspecified atom stereocenters. The molecule has 2 N–H and O–H groups in total. The number of hydrogen-bond donors (Lipinski definition) is 2. The van der Waals surface area contributed by atoms with Crippen molar-refractivity contribution in [1.29, 1.82) is 0 Å². The number of ether oxygens (including phenoxy) is 2. The second kappa shape index (κ2) is 8.11. The summed E-state index contributed by atoms with van der Waals surface area (Å²) in [4.78, 5) is 24.3. The van der Waals surface area contributed by atoms with Gasteiger partial charge in [0.2, 0.25) is 0 Å². The fourth-order valence-electron chi connectivity index (χ4n) is 1.80. The highest BCUT2D eigenvalue weighted by Crippen LogP contribution is 2.29. The number of methoxy groups -OCH3 is 1. The zero-order valence-electron chi connectivity index (χ0n) is 13.3. The number of nitrogens with one attached hydrogen (secondary N) is 1. The zero-order chi connectivity index (χ0) is 16.7. The lowest BCUT2D eigenvalue weighted by Gasteiger charge is -2.21. The van der Waals surface area contributed by atoms with Crippen LogP contribution in [0.2, 0.25) is 0 Å². The average molecular weight is 310 g/mol. The van der Waals surface area contributed by atoms with Crippen molar-refractivity contribution in [3.05, 3.63) is 18.2 Å². The van der Waals surface area contributed by atoms with Crippen LogP contribution in [0.4, 0.5) is 10.5 Å². The van der Waals surface area contributed by atoms with E-state index in [0.29, 0.717) is 23.8 Å². The largest absolute Gasteiger partial charge is 0.497 e. The smallest absolute Gasteiger partial charge is 0.321 e. The van der Waals surface area contributed by atoms with Gasteiger partial charge in [0.15, 0.2) is 0 Å². The fraction of sp³-hybridized carbons (Fsp3) is 0.467. The van der Waals surface area contributed by atoms with Crippen LogP contribution in [0.1, 0.15) is 13.8 Å². The minimum Gasteiger partial charge on any atom is -0.497 e. The van der Waals surface area contributed by atoms with Gasteiger partial charge in [-0.2, -0.15) is 0 Å². The molecular weight excluding hydrogens is 288 g/mol. The first kappa shape index (κ1) is 17.6. The van der Waals surface area contributed by atoms with Crippen molar-refractivity contribution in [2.24, 2.45) is 5.92 Å². The lowest BCUT2D eigenvalue weighted by atomic mass is 10.2. The SMILES string of the molecule is CCOc1ccc(OC)cc1NC(=O)N(C)CC(C)C(=O)O. The normalized spacial score (nSPS) is 11.5. The van der Waals surface area contributed by atoms with E-state index in [-0.39, 0.29) is 6.54 Å². The molecule has 22 heavy (non-hydrogen) atoms. The van der Waals surface area contributed by atoms with E-state index in [4.69, 9.17) is 14.6 Å². The summed E-state index contributed by atoms with van der Waals surface area (Å²) in [5.41, 5.74) is 0.473. The highest BCUT2D eigenvalue weighted by molar-refractivity contribution is 5.91. The first-order valence-electron chi connectivity index (χ1n) is 6.94. The predicted octanol–water partition coefficient (Wildman–Crippen LogP) is 2.28. The second-order valence-electron chi connectivity index (χ2n) is 4.85. The van der Waals surface area contributed by atoms with Gasteiger partial charge in [-0.1, -0.05) is 6.92 Å². The van der Waals surface area contributed by atoms with Gasteiger partial charge in [-0.05, 0) is 19.1 Å². The Morgan fingerprint density at radius 1 is 1.41 bits per heavy atom. The third-order valence-electron chi connectivity index (χ3n) is 3.04. The summed E-state index contributed by atoms with van der Waals surface area (Å²) < 4.78 is 10.6. The molecule has 1 rings (SSSR count). The van der Waals surface area contributed by atoms with Crippen molar-refractivity contribution in [2.45, 2.75) is 13.8 Å². The first-order chi connectivity index (χ1) is 10.4. The monoisotopic (exact) mass is 310 g/mol. The fourth-order valence-corrected chi connectivity index (χ4v) is 1.80. The van der Waals surface area contributed by atoms with Crippen LogP contribution in [0.25, 0.3) is 0 Å². The van der Waals surface area contributed by atoms with Crippen LogP contribution in [0.5, 0.6) is 11.5 Å². The number of carbonyl (C=O) groups excluding carboxylic acids is 1. The van der Waals surface area contributed by atoms with Crippen LogP contribution in [-0.2, 0) is 4.79 Å². The van der Waals surface area contributed by atoms with Crippen molar-refractivity contribution in [3.8, 4) is 11.5 Å². The Labute approximate surface area is 129 Å². The van der Waals surface area contributed by atoms with Crippen LogP contribution in [0.15, 0.2) is 18.2 Å². The van der Waals surface area contributed by atoms with Gasteiger partial charge in [-0.25, -0.2) is 4.79 Å². The quantitative estimate of drug-likeness (QED) is 0.806. The molecule has 0 aliphatic carbocycles. The molecule has 0 aliphatic rings. The maximum atomic E-state index is 12.2. The molecule has 0 heterocycles. The summed E-state index contributed by atoms with van der Waals surface area (Å²) in [7, 11) is 3.07. The number of urea groups is 1. The van der Waals surface area contributed by atoms with E-state index in [1.165, 1.54) is 19.1 Å². The highest BCUT2D eigenvalue weighted by atomic mass is 16.5. The van der Waals surface area contributed by atoms with Crippen LogP contribution in [-0.4, -0.2) is 49.3 Å². The van der Waals surface area contributed by atoms with Crippen LogP contribution in [0, 0.1) is 5.92 Å². The van der Waals surface area contributed by atoms with E-state index >= 15 is 0 Å². The van der Waals surface area contributed by atoms with Gasteiger partial charge in [-0.3, -0.25) is 4.79 Å². The van der Waals surface area contributed by atoms with Crippen LogP contribution >= 0.6 is 0 Å². The molecule has 2 amide bonds. The molecule has 0 aromatic heterocycles. The average Bonchev–Trinajstić information content (AvgIpc) is 2.48. The minimum absolute atomic E-state index is 0.106. The number of benzene rings is 1. The van der Waals surface area contributed by atoms with E-state index in [1.54, 1.807) is 25.1 Å². The topological polar surface area (TPSA) is 88.1 Å². The van der Waals surface area contributed by atoms with Crippen LogP contribution in [0.3, 0.4) is 0 Å². The number of amides is 2. The van der Waals surface area contributed by atoms with Gasteiger partial charge in [0, 0.05) is 19.7 Å². The predicted molar refractivity (Wildman–Crippen MR) is 82.6 cm³/mol. The van der Waals surface area contributed by atoms with Crippen molar-refractivity contribution < 1.29 is 24.2 Å². The number of hydrogen-bond acceptors (Lipinski definition) is 4. The number of carbonyl (C=O) groups is 2. The minimum atomic E-state index is -0.948. The molecule has 7 heteroatoms. The first-order valence-corrected chi connectivity index (χ1v) is 6.94. The highest BCUT2D eigenvalue weighted by Gasteiger charge is 2.18. The van der Waals surface area contributed by atoms with Crippen molar-refractivity contribution >= 4 is 17.7 Å². The molecule has 0 radical (unpaired) electrons. The number of aliphatic carboxylic acids is 1. The Kier molecular flexibility index (Phi) is 6.49. The Hall–Kier alpha value is -2.44. The Morgan fingerprint density at radius 3 is 2.64 bits per heavy atom. The summed E-state index contributed by atoms with van der Waals surface area (Å²) in [5.74, 6) is -0.486. The molecule has 0 spiro atoms. The third kappa shape index (κ3) is 4.83. The molecule has 1 aromatic rings. The van der Waals surface area contributed by atoms with E-state index in [9.17, 15) is 9.59 Å². The zero-order valence-corrected chi connectivity index (χ0v) is 13.3. The maximum Gasteiger partial charge on any atom is 0.321 e. The summed E-state index contributed by atoms with van der Waals surface area (Å²) in [6.45, 7) is 3.95. The summed E-state index contributed by atoms with van der Waals surface area (Å²) in [6.07, 6.45) is 0. The number of carboxylic acid groups (broad SMARTS) is 1. The van der Waals surface area contributed by atoms with Gasteiger partial charge in [0.25, 0.3) is 0 Å².